The van der Waals surface area contributed by atoms with E-state index < -0.39 is 5.92 Å². The van der Waals surface area contributed by atoms with Crippen molar-refractivity contribution in [1.82, 2.24) is 24.7 Å². The van der Waals surface area contributed by atoms with Crippen LogP contribution in [-0.2, 0) is 11.3 Å². The van der Waals surface area contributed by atoms with Gasteiger partial charge in [0.2, 0.25) is 11.9 Å². The number of pyridine rings is 1. The molecule has 1 aromatic carbocycles. The lowest BCUT2D eigenvalue weighted by Crippen LogP contribution is -2.16. The van der Waals surface area contributed by atoms with Crippen LogP contribution in [0.25, 0.3) is 11.0 Å². The fraction of sp³-hybridized carbons (Fsp3) is 0.292. The Balaban J connectivity index is 1.45. The zero-order valence-corrected chi connectivity index (χ0v) is 17.5. The number of nitrogens with one attached hydrogen (secondary N) is 2. The third kappa shape index (κ3) is 3.28. The Morgan fingerprint density at radius 2 is 1.97 bits per heavy atom. The highest BCUT2D eigenvalue weighted by Gasteiger charge is 2.35. The van der Waals surface area contributed by atoms with Crippen molar-refractivity contribution in [3.8, 4) is 0 Å². The van der Waals surface area contributed by atoms with E-state index in [9.17, 15) is 4.79 Å². The van der Waals surface area contributed by atoms with Crippen LogP contribution >= 0.6 is 0 Å². The summed E-state index contributed by atoms with van der Waals surface area (Å²) in [5.41, 5.74) is 4.10. The molecule has 1 unspecified atom stereocenters. The minimum absolute atomic E-state index is 0.0713. The topological polar surface area (TPSA) is 97.6 Å². The molecule has 6 rings (SSSR count). The number of hydrogen-bond acceptors (Lipinski definition) is 6. The summed E-state index contributed by atoms with van der Waals surface area (Å²) in [6.45, 7) is 0.537. The largest absolute Gasteiger partial charge is 0.350 e. The fourth-order valence-electron chi connectivity index (χ4n) is 4.76. The highest BCUT2D eigenvalue weighted by Crippen LogP contribution is 2.39. The van der Waals surface area contributed by atoms with Gasteiger partial charge in [0.1, 0.15) is 5.92 Å². The van der Waals surface area contributed by atoms with Crippen molar-refractivity contribution in [3.63, 3.8) is 0 Å². The maximum atomic E-state index is 13.0. The molecule has 0 saturated heterocycles. The molecular weight excluding hydrogens is 402 g/mol. The first-order valence-electron chi connectivity index (χ1n) is 11.1. The number of aromatic nitrogens is 5. The van der Waals surface area contributed by atoms with Crippen molar-refractivity contribution < 1.29 is 4.79 Å². The lowest BCUT2D eigenvalue weighted by atomic mass is 9.95. The maximum absolute atomic E-state index is 13.0. The van der Waals surface area contributed by atoms with E-state index in [-0.39, 0.29) is 5.91 Å². The molecule has 8 heteroatoms. The number of anilines is 2. The second-order valence-electron chi connectivity index (χ2n) is 8.44. The summed E-state index contributed by atoms with van der Waals surface area (Å²) >= 11 is 0. The number of benzene rings is 1. The van der Waals surface area contributed by atoms with Gasteiger partial charge in [-0.15, -0.1) is 0 Å². The third-order valence-electron chi connectivity index (χ3n) is 6.36. The molecule has 160 valence electrons. The highest BCUT2D eigenvalue weighted by atomic mass is 16.2. The van der Waals surface area contributed by atoms with E-state index in [0.29, 0.717) is 29.9 Å². The van der Waals surface area contributed by atoms with Crippen molar-refractivity contribution in [3.05, 3.63) is 71.8 Å². The number of rotatable bonds is 5. The molecule has 32 heavy (non-hydrogen) atoms. The SMILES string of the molecule is O=C1Nc2ccccc2C1c1nc(NCc2cccnc2)nc2nn(C3CCCC3)cc12. The molecular formula is C24H23N7O. The average Bonchev–Trinajstić information content (AvgIpc) is 3.55. The van der Waals surface area contributed by atoms with Gasteiger partial charge < -0.3 is 10.6 Å². The molecule has 1 atom stereocenters. The van der Waals surface area contributed by atoms with E-state index in [0.717, 1.165) is 35.0 Å². The molecule has 1 fully saturated rings. The van der Waals surface area contributed by atoms with Gasteiger partial charge in [-0.05, 0) is 36.1 Å². The minimum Gasteiger partial charge on any atom is -0.350 e. The highest BCUT2D eigenvalue weighted by molar-refractivity contribution is 6.06. The number of hydrogen-bond donors (Lipinski definition) is 2. The zero-order chi connectivity index (χ0) is 21.5. The number of amides is 1. The van der Waals surface area contributed by atoms with Crippen molar-refractivity contribution in [2.45, 2.75) is 44.2 Å². The first-order chi connectivity index (χ1) is 15.8. The smallest absolute Gasteiger partial charge is 0.238 e. The summed E-state index contributed by atoms with van der Waals surface area (Å²) < 4.78 is 2.03. The number of nitrogens with zero attached hydrogens (tertiary/aromatic N) is 5. The number of para-hydroxylation sites is 1. The normalized spacial score (nSPS) is 18.1. The summed E-state index contributed by atoms with van der Waals surface area (Å²) in [6.07, 6.45) is 10.3. The van der Waals surface area contributed by atoms with E-state index >= 15 is 0 Å². The summed E-state index contributed by atoms with van der Waals surface area (Å²) in [5.74, 6) is -0.0971. The molecule has 0 bridgehead atoms. The molecule has 1 aliphatic heterocycles. The molecule has 0 radical (unpaired) electrons. The lowest BCUT2D eigenvalue weighted by molar-refractivity contribution is -0.116. The molecule has 3 aromatic heterocycles. The average molecular weight is 425 g/mol. The molecule has 4 aromatic rings. The standard InChI is InChI=1S/C24H23N7O/c32-23-20(17-9-3-4-10-19(17)27-23)21-18-14-31(16-7-1-2-8-16)30-22(18)29-24(28-21)26-13-15-6-5-11-25-12-15/h3-6,9-12,14,16,20H,1-2,7-8,13H2,(H,27,32)(H,26,29,30). The van der Waals surface area contributed by atoms with Gasteiger partial charge in [-0.1, -0.05) is 37.1 Å². The summed E-state index contributed by atoms with van der Waals surface area (Å²) in [6, 6.07) is 12.1. The molecule has 1 aliphatic carbocycles. The predicted octanol–water partition coefficient (Wildman–Crippen LogP) is 4.03. The van der Waals surface area contributed by atoms with E-state index in [1.165, 1.54) is 12.8 Å². The summed E-state index contributed by atoms with van der Waals surface area (Å²) in [7, 11) is 0. The van der Waals surface area contributed by atoms with Crippen LogP contribution in [0.1, 0.15) is 54.5 Å². The van der Waals surface area contributed by atoms with Crippen LogP contribution in [0, 0.1) is 0 Å². The molecule has 2 aliphatic rings. The van der Waals surface area contributed by atoms with Crippen molar-refractivity contribution in [2.75, 3.05) is 10.6 Å². The van der Waals surface area contributed by atoms with Gasteiger partial charge in [0.05, 0.1) is 17.1 Å². The van der Waals surface area contributed by atoms with Gasteiger partial charge in [-0.2, -0.15) is 10.1 Å². The van der Waals surface area contributed by atoms with Gasteiger partial charge >= 0.3 is 0 Å². The van der Waals surface area contributed by atoms with Crippen molar-refractivity contribution in [2.24, 2.45) is 0 Å². The quantitative estimate of drug-likeness (QED) is 0.501. The Labute approximate surface area is 185 Å². The number of carbonyl (C=O) groups is 1. The van der Waals surface area contributed by atoms with Crippen LogP contribution in [0.5, 0.6) is 0 Å². The molecule has 0 spiro atoms. The van der Waals surface area contributed by atoms with Gasteiger partial charge in [0.15, 0.2) is 5.65 Å². The minimum atomic E-state index is -0.489. The fourth-order valence-corrected chi connectivity index (χ4v) is 4.76. The first kappa shape index (κ1) is 18.9. The third-order valence-corrected chi connectivity index (χ3v) is 6.36. The Hall–Kier alpha value is -3.81. The summed E-state index contributed by atoms with van der Waals surface area (Å²) in [5, 5.41) is 11.9. The van der Waals surface area contributed by atoms with E-state index in [2.05, 4.69) is 20.6 Å². The summed E-state index contributed by atoms with van der Waals surface area (Å²) in [4.78, 5) is 26.7. The van der Waals surface area contributed by atoms with Gasteiger partial charge in [0.25, 0.3) is 0 Å². The van der Waals surface area contributed by atoms with Gasteiger partial charge in [0, 0.05) is 30.8 Å². The molecule has 1 amide bonds. The molecule has 4 heterocycles. The van der Waals surface area contributed by atoms with Gasteiger partial charge in [-0.3, -0.25) is 14.5 Å². The van der Waals surface area contributed by atoms with Crippen LogP contribution in [0.3, 0.4) is 0 Å². The first-order valence-corrected chi connectivity index (χ1v) is 11.1. The second-order valence-corrected chi connectivity index (χ2v) is 8.44. The van der Waals surface area contributed by atoms with E-state index in [1.807, 2.05) is 53.5 Å². The van der Waals surface area contributed by atoms with Crippen molar-refractivity contribution >= 4 is 28.6 Å². The Kier molecular flexibility index (Phi) is 4.56. The van der Waals surface area contributed by atoms with Crippen LogP contribution < -0.4 is 10.6 Å². The Morgan fingerprint density at radius 1 is 1.09 bits per heavy atom. The maximum Gasteiger partial charge on any atom is 0.238 e. The lowest BCUT2D eigenvalue weighted by Gasteiger charge is -2.12. The molecule has 8 nitrogen and oxygen atoms in total. The number of carbonyl (C=O) groups excluding carboxylic acids is 1. The Morgan fingerprint density at radius 3 is 2.81 bits per heavy atom. The molecule has 2 N–H and O–H groups in total. The van der Waals surface area contributed by atoms with Crippen LogP contribution in [0.4, 0.5) is 11.6 Å². The monoisotopic (exact) mass is 425 g/mol. The van der Waals surface area contributed by atoms with E-state index in [1.54, 1.807) is 6.20 Å². The van der Waals surface area contributed by atoms with Crippen LogP contribution in [-0.4, -0.2) is 30.6 Å². The molecule has 1 saturated carbocycles. The Bertz CT molecular complexity index is 1290. The number of fused-ring (bicyclic) bond motifs is 2. The zero-order valence-electron chi connectivity index (χ0n) is 17.5. The second kappa shape index (κ2) is 7.71. The van der Waals surface area contributed by atoms with Crippen molar-refractivity contribution in [1.29, 1.82) is 0 Å². The van der Waals surface area contributed by atoms with Crippen LogP contribution in [0.15, 0.2) is 55.0 Å². The van der Waals surface area contributed by atoms with E-state index in [4.69, 9.17) is 10.1 Å². The predicted molar refractivity (Wildman–Crippen MR) is 121 cm³/mol. The van der Waals surface area contributed by atoms with Gasteiger partial charge in [-0.25, -0.2) is 4.98 Å². The van der Waals surface area contributed by atoms with Crippen LogP contribution in [0.2, 0.25) is 0 Å².